The molecule has 0 aliphatic rings. The third-order valence-corrected chi connectivity index (χ3v) is 4.28. The van der Waals surface area contributed by atoms with E-state index in [2.05, 4.69) is 41.5 Å². The third-order valence-electron chi connectivity index (χ3n) is 4.28. The lowest BCUT2D eigenvalue weighted by molar-refractivity contribution is 0.395. The molecule has 1 heterocycles. The predicted molar refractivity (Wildman–Crippen MR) is 98.4 cm³/mol. The number of benzene rings is 2. The molecule has 0 spiro atoms. The Kier molecular flexibility index (Phi) is 5.36. The topological polar surface area (TPSA) is 48.3 Å². The van der Waals surface area contributed by atoms with Crippen molar-refractivity contribution in [3.8, 4) is 17.2 Å². The minimum atomic E-state index is 0.216. The molecule has 3 aromatic rings. The van der Waals surface area contributed by atoms with Crippen molar-refractivity contribution in [2.45, 2.75) is 19.5 Å². The molecule has 2 aromatic carbocycles. The summed E-state index contributed by atoms with van der Waals surface area (Å²) in [4.78, 5) is 4.08. The van der Waals surface area contributed by atoms with E-state index >= 15 is 0 Å². The van der Waals surface area contributed by atoms with Crippen LogP contribution in [0.3, 0.4) is 0 Å². The summed E-state index contributed by atoms with van der Waals surface area (Å²) in [6, 6.07) is 14.5. The molecule has 0 bridgehead atoms. The highest BCUT2D eigenvalue weighted by atomic mass is 16.5. The van der Waals surface area contributed by atoms with Crippen molar-refractivity contribution < 1.29 is 9.47 Å². The van der Waals surface area contributed by atoms with Gasteiger partial charge in [0.1, 0.15) is 11.5 Å². The summed E-state index contributed by atoms with van der Waals surface area (Å²) in [5.41, 5.74) is 3.40. The van der Waals surface area contributed by atoms with Gasteiger partial charge in [0.2, 0.25) is 0 Å². The Morgan fingerprint density at radius 2 is 1.88 bits per heavy atom. The molecule has 5 nitrogen and oxygen atoms in total. The molecular formula is C20H23N3O2. The van der Waals surface area contributed by atoms with Gasteiger partial charge in [-0.25, -0.2) is 4.98 Å². The van der Waals surface area contributed by atoms with Crippen LogP contribution in [0.4, 0.5) is 0 Å². The molecule has 3 rings (SSSR count). The SMILES string of the molecule is COc1ccc(OC)c(CN[C@H](C)c2ccc(-n3ccnc3)cc2)c1. The van der Waals surface area contributed by atoms with Gasteiger partial charge in [0.15, 0.2) is 0 Å². The van der Waals surface area contributed by atoms with Gasteiger partial charge >= 0.3 is 0 Å². The number of aromatic nitrogens is 2. The van der Waals surface area contributed by atoms with Gasteiger partial charge in [0.05, 0.1) is 20.5 Å². The number of nitrogens with one attached hydrogen (secondary N) is 1. The van der Waals surface area contributed by atoms with E-state index in [4.69, 9.17) is 9.47 Å². The summed E-state index contributed by atoms with van der Waals surface area (Å²) in [5.74, 6) is 1.69. The molecule has 0 aliphatic carbocycles. The van der Waals surface area contributed by atoms with Crippen molar-refractivity contribution in [1.82, 2.24) is 14.9 Å². The standard InChI is InChI=1S/C20H23N3O2/c1-15(16-4-6-18(7-5-16)23-11-10-21-14-23)22-13-17-12-19(24-2)8-9-20(17)25-3/h4-12,14-15,22H,13H2,1-3H3/t15-/m1/s1. The highest BCUT2D eigenvalue weighted by Gasteiger charge is 2.09. The molecule has 1 aromatic heterocycles. The number of ether oxygens (including phenoxy) is 2. The lowest BCUT2D eigenvalue weighted by atomic mass is 10.1. The van der Waals surface area contributed by atoms with E-state index in [1.165, 1.54) is 5.56 Å². The first-order valence-corrected chi connectivity index (χ1v) is 8.24. The number of imidazole rings is 1. The molecule has 25 heavy (non-hydrogen) atoms. The van der Waals surface area contributed by atoms with Crippen LogP contribution in [0, 0.1) is 0 Å². The monoisotopic (exact) mass is 337 g/mol. The molecule has 130 valence electrons. The van der Waals surface area contributed by atoms with Crippen molar-refractivity contribution in [1.29, 1.82) is 0 Å². The van der Waals surface area contributed by atoms with Crippen molar-refractivity contribution in [2.75, 3.05) is 14.2 Å². The lowest BCUT2D eigenvalue weighted by Gasteiger charge is -2.17. The minimum Gasteiger partial charge on any atom is -0.497 e. The summed E-state index contributed by atoms with van der Waals surface area (Å²) in [7, 11) is 3.35. The fourth-order valence-electron chi connectivity index (χ4n) is 2.75. The number of rotatable bonds is 7. The van der Waals surface area contributed by atoms with Crippen LogP contribution in [0.1, 0.15) is 24.1 Å². The molecule has 5 heteroatoms. The van der Waals surface area contributed by atoms with E-state index in [1.807, 2.05) is 29.0 Å². The Labute approximate surface area is 148 Å². The average Bonchev–Trinajstić information content (AvgIpc) is 3.20. The van der Waals surface area contributed by atoms with Crippen molar-refractivity contribution >= 4 is 0 Å². The van der Waals surface area contributed by atoms with Gasteiger partial charge in [-0.3, -0.25) is 0 Å². The smallest absolute Gasteiger partial charge is 0.123 e. The summed E-state index contributed by atoms with van der Waals surface area (Å²) in [5, 5.41) is 3.54. The van der Waals surface area contributed by atoms with Crippen LogP contribution in [0.15, 0.2) is 61.2 Å². The van der Waals surface area contributed by atoms with Crippen LogP contribution in [0.5, 0.6) is 11.5 Å². The number of hydrogen-bond donors (Lipinski definition) is 1. The average molecular weight is 337 g/mol. The number of methoxy groups -OCH3 is 2. The van der Waals surface area contributed by atoms with Crippen molar-refractivity contribution in [2.24, 2.45) is 0 Å². The normalized spacial score (nSPS) is 12.0. The Morgan fingerprint density at radius 1 is 1.08 bits per heavy atom. The molecule has 1 atom stereocenters. The Hall–Kier alpha value is -2.79. The molecule has 0 radical (unpaired) electrons. The molecular weight excluding hydrogens is 314 g/mol. The van der Waals surface area contributed by atoms with E-state index in [9.17, 15) is 0 Å². The van der Waals surface area contributed by atoms with Crippen LogP contribution in [0.2, 0.25) is 0 Å². The fourth-order valence-corrected chi connectivity index (χ4v) is 2.75. The maximum absolute atomic E-state index is 5.44. The summed E-state index contributed by atoms with van der Waals surface area (Å²) < 4.78 is 12.7. The molecule has 0 unspecified atom stereocenters. The fraction of sp³-hybridized carbons (Fsp3) is 0.250. The van der Waals surface area contributed by atoms with Crippen LogP contribution in [0.25, 0.3) is 5.69 Å². The van der Waals surface area contributed by atoms with Gasteiger partial charge in [0, 0.05) is 36.2 Å². The van der Waals surface area contributed by atoms with Crippen LogP contribution >= 0.6 is 0 Å². The first-order valence-electron chi connectivity index (χ1n) is 8.24. The molecule has 0 saturated carbocycles. The maximum atomic E-state index is 5.44. The van der Waals surface area contributed by atoms with Gasteiger partial charge < -0.3 is 19.4 Å². The van der Waals surface area contributed by atoms with Gasteiger partial charge in [-0.1, -0.05) is 12.1 Å². The predicted octanol–water partition coefficient (Wildman–Crippen LogP) is 3.74. The van der Waals surface area contributed by atoms with Gasteiger partial charge in [0.25, 0.3) is 0 Å². The summed E-state index contributed by atoms with van der Waals surface area (Å²) >= 11 is 0. The molecule has 0 aliphatic heterocycles. The highest BCUT2D eigenvalue weighted by molar-refractivity contribution is 5.40. The molecule has 0 saturated heterocycles. The first kappa shape index (κ1) is 17.0. The van der Waals surface area contributed by atoms with E-state index in [0.29, 0.717) is 6.54 Å². The summed E-state index contributed by atoms with van der Waals surface area (Å²) in [6.45, 7) is 2.85. The van der Waals surface area contributed by atoms with E-state index in [1.54, 1.807) is 26.7 Å². The lowest BCUT2D eigenvalue weighted by Crippen LogP contribution is -2.18. The zero-order chi connectivity index (χ0) is 17.6. The van der Waals surface area contributed by atoms with Crippen LogP contribution in [-0.4, -0.2) is 23.8 Å². The number of nitrogens with zero attached hydrogens (tertiary/aromatic N) is 2. The van der Waals surface area contributed by atoms with E-state index in [-0.39, 0.29) is 6.04 Å². The van der Waals surface area contributed by atoms with Crippen LogP contribution in [-0.2, 0) is 6.54 Å². The minimum absolute atomic E-state index is 0.216. The van der Waals surface area contributed by atoms with Gasteiger partial charge in [-0.2, -0.15) is 0 Å². The Morgan fingerprint density at radius 3 is 2.52 bits per heavy atom. The van der Waals surface area contributed by atoms with Crippen molar-refractivity contribution in [3.63, 3.8) is 0 Å². The number of hydrogen-bond acceptors (Lipinski definition) is 4. The van der Waals surface area contributed by atoms with Crippen molar-refractivity contribution in [3.05, 3.63) is 72.3 Å². The molecule has 0 amide bonds. The zero-order valence-electron chi connectivity index (χ0n) is 14.8. The Balaban J connectivity index is 1.67. The van der Waals surface area contributed by atoms with E-state index in [0.717, 1.165) is 22.7 Å². The largest absolute Gasteiger partial charge is 0.497 e. The maximum Gasteiger partial charge on any atom is 0.123 e. The van der Waals surface area contributed by atoms with Crippen LogP contribution < -0.4 is 14.8 Å². The highest BCUT2D eigenvalue weighted by Crippen LogP contribution is 2.25. The quantitative estimate of drug-likeness (QED) is 0.713. The molecule has 1 N–H and O–H groups in total. The Bertz CT molecular complexity index is 798. The second kappa shape index (κ2) is 7.85. The van der Waals surface area contributed by atoms with Gasteiger partial charge in [-0.05, 0) is 42.8 Å². The first-order chi connectivity index (χ1) is 12.2. The third kappa shape index (κ3) is 4.00. The second-order valence-corrected chi connectivity index (χ2v) is 5.84. The van der Waals surface area contributed by atoms with Gasteiger partial charge in [-0.15, -0.1) is 0 Å². The summed E-state index contributed by atoms with van der Waals surface area (Å²) in [6.07, 6.45) is 5.51. The molecule has 0 fully saturated rings. The zero-order valence-corrected chi connectivity index (χ0v) is 14.8. The second-order valence-electron chi connectivity index (χ2n) is 5.84. The van der Waals surface area contributed by atoms with E-state index < -0.39 is 0 Å².